The largest absolute Gasteiger partial charge is 0.497 e. The first kappa shape index (κ1) is 27.7. The van der Waals surface area contributed by atoms with Crippen LogP contribution < -0.4 is 4.74 Å². The van der Waals surface area contributed by atoms with Crippen LogP contribution in [0.3, 0.4) is 0 Å². The van der Waals surface area contributed by atoms with Gasteiger partial charge in [0.2, 0.25) is 5.91 Å². The van der Waals surface area contributed by atoms with E-state index in [-0.39, 0.29) is 18.4 Å². The van der Waals surface area contributed by atoms with E-state index in [1.165, 1.54) is 5.56 Å². The summed E-state index contributed by atoms with van der Waals surface area (Å²) >= 11 is 0. The van der Waals surface area contributed by atoms with E-state index in [2.05, 4.69) is 44.7 Å². The second-order valence-electron chi connectivity index (χ2n) is 10.0. The van der Waals surface area contributed by atoms with E-state index >= 15 is 0 Å². The molecule has 196 valence electrons. The average molecular weight is 495 g/mol. The highest BCUT2D eigenvalue weighted by Crippen LogP contribution is 2.46. The maximum atomic E-state index is 13.5. The lowest BCUT2D eigenvalue weighted by atomic mass is 9.82. The minimum Gasteiger partial charge on any atom is -0.497 e. The van der Waals surface area contributed by atoms with Gasteiger partial charge in [0.05, 0.1) is 19.6 Å². The number of aliphatic carboxylic acids is 1. The van der Waals surface area contributed by atoms with Crippen LogP contribution in [0.15, 0.2) is 42.5 Å². The molecule has 2 aromatic carbocycles. The number of ether oxygens (including phenoxy) is 1. The fourth-order valence-corrected chi connectivity index (χ4v) is 5.26. The number of unbranched alkanes of at least 4 members (excludes halogenated alkanes) is 2. The van der Waals surface area contributed by atoms with Crippen molar-refractivity contribution in [3.8, 4) is 5.75 Å². The predicted octanol–water partition coefficient (Wildman–Crippen LogP) is 5.58. The van der Waals surface area contributed by atoms with Crippen molar-refractivity contribution in [1.29, 1.82) is 0 Å². The Morgan fingerprint density at radius 2 is 1.58 bits per heavy atom. The monoisotopic (exact) mass is 494 g/mol. The number of nitrogens with zero attached hydrogens (tertiary/aromatic N) is 2. The minimum atomic E-state index is -0.831. The Balaban J connectivity index is 1.98. The second-order valence-corrected chi connectivity index (χ2v) is 10.0. The Bertz CT molecular complexity index is 1010. The molecule has 0 spiro atoms. The number of rotatable bonds is 12. The normalized spacial score (nSPS) is 19.9. The van der Waals surface area contributed by atoms with Crippen LogP contribution in [0, 0.1) is 19.8 Å². The number of carboxylic acid groups (broad SMARTS) is 1. The van der Waals surface area contributed by atoms with E-state index < -0.39 is 17.9 Å². The summed E-state index contributed by atoms with van der Waals surface area (Å²) in [5.74, 6) is -0.889. The molecule has 1 heterocycles. The summed E-state index contributed by atoms with van der Waals surface area (Å²) in [6.45, 7) is 10.6. The quantitative estimate of drug-likeness (QED) is 0.417. The minimum absolute atomic E-state index is 0.0836. The van der Waals surface area contributed by atoms with Crippen molar-refractivity contribution >= 4 is 11.9 Å². The summed E-state index contributed by atoms with van der Waals surface area (Å²) in [4.78, 5) is 30.3. The van der Waals surface area contributed by atoms with Gasteiger partial charge in [0, 0.05) is 31.6 Å². The first-order valence-electron chi connectivity index (χ1n) is 13.3. The van der Waals surface area contributed by atoms with Crippen LogP contribution in [0.25, 0.3) is 0 Å². The van der Waals surface area contributed by atoms with Gasteiger partial charge < -0.3 is 14.7 Å². The van der Waals surface area contributed by atoms with E-state index in [1.807, 2.05) is 35.2 Å². The van der Waals surface area contributed by atoms with E-state index in [1.54, 1.807) is 7.11 Å². The molecule has 36 heavy (non-hydrogen) atoms. The molecule has 6 heteroatoms. The van der Waals surface area contributed by atoms with Crippen molar-refractivity contribution in [3.05, 3.63) is 64.7 Å². The molecule has 1 aliphatic rings. The lowest BCUT2D eigenvalue weighted by Crippen LogP contribution is -2.42. The summed E-state index contributed by atoms with van der Waals surface area (Å²) < 4.78 is 5.33. The fraction of sp³-hybridized carbons (Fsp3) is 0.533. The number of methoxy groups -OCH3 is 1. The molecule has 1 aliphatic heterocycles. The molecule has 0 aliphatic carbocycles. The standard InChI is InChI=1S/C30H42N2O4/c1-6-8-16-31(17-9-7-2)27(33)20-32-19-26(24-11-10-21(3)22(4)18-24)28(30(34)35)29(32)23-12-14-25(36-5)15-13-23/h10-15,18,26,28-29H,6-9,16-17,19-20H2,1-5H3,(H,34,35). The molecule has 3 unspecified atom stereocenters. The molecule has 0 aromatic heterocycles. The zero-order valence-corrected chi connectivity index (χ0v) is 22.5. The molecular weight excluding hydrogens is 452 g/mol. The maximum absolute atomic E-state index is 13.5. The van der Waals surface area contributed by atoms with Crippen molar-refractivity contribution in [2.75, 3.05) is 33.3 Å². The van der Waals surface area contributed by atoms with Crippen LogP contribution in [0.2, 0.25) is 0 Å². The number of hydrogen-bond acceptors (Lipinski definition) is 4. The maximum Gasteiger partial charge on any atom is 0.309 e. The lowest BCUT2D eigenvalue weighted by Gasteiger charge is -2.30. The van der Waals surface area contributed by atoms with Crippen molar-refractivity contribution in [3.63, 3.8) is 0 Å². The number of carboxylic acids is 1. The van der Waals surface area contributed by atoms with Gasteiger partial charge in [-0.2, -0.15) is 0 Å². The van der Waals surface area contributed by atoms with Crippen molar-refractivity contribution in [1.82, 2.24) is 9.80 Å². The third-order valence-electron chi connectivity index (χ3n) is 7.55. The van der Waals surface area contributed by atoms with Gasteiger partial charge in [0.15, 0.2) is 0 Å². The van der Waals surface area contributed by atoms with Crippen molar-refractivity contribution in [2.24, 2.45) is 5.92 Å². The molecule has 0 radical (unpaired) electrons. The average Bonchev–Trinajstić information content (AvgIpc) is 3.25. The Morgan fingerprint density at radius 1 is 0.972 bits per heavy atom. The summed E-state index contributed by atoms with van der Waals surface area (Å²) in [7, 11) is 1.62. The predicted molar refractivity (Wildman–Crippen MR) is 143 cm³/mol. The van der Waals surface area contributed by atoms with Crippen molar-refractivity contribution < 1.29 is 19.4 Å². The molecule has 3 rings (SSSR count). The third-order valence-corrected chi connectivity index (χ3v) is 7.55. The number of hydrogen-bond donors (Lipinski definition) is 1. The molecule has 1 fully saturated rings. The Morgan fingerprint density at radius 3 is 2.11 bits per heavy atom. The van der Waals surface area contributed by atoms with Gasteiger partial charge in [0.1, 0.15) is 5.75 Å². The van der Waals surface area contributed by atoms with Crippen LogP contribution in [-0.2, 0) is 9.59 Å². The molecule has 2 aromatic rings. The second kappa shape index (κ2) is 12.9. The van der Waals surface area contributed by atoms with Gasteiger partial charge in [-0.3, -0.25) is 14.5 Å². The Kier molecular flexibility index (Phi) is 9.94. The highest BCUT2D eigenvalue weighted by molar-refractivity contribution is 5.79. The van der Waals surface area contributed by atoms with Gasteiger partial charge in [-0.25, -0.2) is 0 Å². The van der Waals surface area contributed by atoms with Crippen LogP contribution in [-0.4, -0.2) is 60.1 Å². The smallest absolute Gasteiger partial charge is 0.309 e. The summed E-state index contributed by atoms with van der Waals surface area (Å²) in [6, 6.07) is 13.4. The number of benzene rings is 2. The number of carbonyl (C=O) groups is 2. The summed E-state index contributed by atoms with van der Waals surface area (Å²) in [5.41, 5.74) is 4.26. The molecule has 1 N–H and O–H groups in total. The van der Waals surface area contributed by atoms with E-state index in [0.29, 0.717) is 6.54 Å². The molecule has 0 saturated carbocycles. The Labute approximate surface area is 216 Å². The molecule has 6 nitrogen and oxygen atoms in total. The summed E-state index contributed by atoms with van der Waals surface area (Å²) in [6.07, 6.45) is 4.01. The van der Waals surface area contributed by atoms with Gasteiger partial charge >= 0.3 is 5.97 Å². The van der Waals surface area contributed by atoms with E-state index in [4.69, 9.17) is 4.74 Å². The van der Waals surface area contributed by atoms with E-state index in [9.17, 15) is 14.7 Å². The fourth-order valence-electron chi connectivity index (χ4n) is 5.26. The highest BCUT2D eigenvalue weighted by Gasteiger charge is 2.48. The molecule has 0 bridgehead atoms. The first-order valence-corrected chi connectivity index (χ1v) is 13.3. The van der Waals surface area contributed by atoms with Gasteiger partial charge in [-0.15, -0.1) is 0 Å². The zero-order chi connectivity index (χ0) is 26.2. The van der Waals surface area contributed by atoms with Crippen molar-refractivity contribution in [2.45, 2.75) is 65.3 Å². The van der Waals surface area contributed by atoms with Gasteiger partial charge in [-0.1, -0.05) is 57.0 Å². The third kappa shape index (κ3) is 6.47. The van der Waals surface area contributed by atoms with Crippen LogP contribution >= 0.6 is 0 Å². The number of likely N-dealkylation sites (tertiary alicyclic amines) is 1. The SMILES string of the molecule is CCCCN(CCCC)C(=O)CN1CC(c2ccc(C)c(C)c2)C(C(=O)O)C1c1ccc(OC)cc1. The van der Waals surface area contributed by atoms with Crippen LogP contribution in [0.1, 0.15) is 73.7 Å². The topological polar surface area (TPSA) is 70.1 Å². The first-order chi connectivity index (χ1) is 17.3. The van der Waals surface area contributed by atoms with Crippen LogP contribution in [0.4, 0.5) is 0 Å². The van der Waals surface area contributed by atoms with Gasteiger partial charge in [0.25, 0.3) is 0 Å². The lowest BCUT2D eigenvalue weighted by molar-refractivity contribution is -0.144. The van der Waals surface area contributed by atoms with Gasteiger partial charge in [-0.05, 0) is 61.1 Å². The molecule has 1 saturated heterocycles. The molecular formula is C30H42N2O4. The number of carbonyl (C=O) groups excluding carboxylic acids is 1. The molecule has 3 atom stereocenters. The van der Waals surface area contributed by atoms with Crippen LogP contribution in [0.5, 0.6) is 5.75 Å². The number of amides is 1. The zero-order valence-electron chi connectivity index (χ0n) is 22.5. The highest BCUT2D eigenvalue weighted by atomic mass is 16.5. The molecule has 1 amide bonds. The van der Waals surface area contributed by atoms with E-state index in [0.717, 1.165) is 61.2 Å². The summed E-state index contributed by atoms with van der Waals surface area (Å²) in [5, 5.41) is 10.4. The number of aryl methyl sites for hydroxylation is 2. The Hall–Kier alpha value is -2.86.